The molecule has 0 radical (unpaired) electrons. The predicted molar refractivity (Wildman–Crippen MR) is 91.8 cm³/mol. The highest BCUT2D eigenvalue weighted by molar-refractivity contribution is 5.84. The molecule has 1 saturated heterocycles. The molecule has 0 spiro atoms. The number of benzene rings is 1. The van der Waals surface area contributed by atoms with Crippen LogP contribution in [-0.2, 0) is 0 Å². The van der Waals surface area contributed by atoms with Gasteiger partial charge in [0, 0.05) is 55.9 Å². The average molecular weight is 301 g/mol. The first-order valence-electron chi connectivity index (χ1n) is 8.28. The monoisotopic (exact) mass is 301 g/mol. The van der Waals surface area contributed by atoms with Gasteiger partial charge in [-0.05, 0) is 30.7 Å². The lowest BCUT2D eigenvalue weighted by Gasteiger charge is -2.32. The van der Waals surface area contributed by atoms with E-state index in [0.717, 1.165) is 45.1 Å². The van der Waals surface area contributed by atoms with Crippen molar-refractivity contribution in [2.75, 3.05) is 46.4 Å². The molecule has 3 rings (SSSR count). The Morgan fingerprint density at radius 3 is 2.68 bits per heavy atom. The van der Waals surface area contributed by atoms with Crippen LogP contribution in [0.5, 0.6) is 5.75 Å². The van der Waals surface area contributed by atoms with Crippen molar-refractivity contribution in [1.82, 2.24) is 14.8 Å². The van der Waals surface area contributed by atoms with Gasteiger partial charge in [0.05, 0.1) is 0 Å². The number of piperazine rings is 1. The maximum Gasteiger partial charge on any atom is 0.121 e. The first-order valence-corrected chi connectivity index (χ1v) is 8.28. The smallest absolute Gasteiger partial charge is 0.121 e. The molecule has 1 aromatic carbocycles. The summed E-state index contributed by atoms with van der Waals surface area (Å²) in [5.41, 5.74) is 2.54. The third-order valence-electron chi connectivity index (χ3n) is 4.58. The molecule has 2 heterocycles. The molecule has 2 aromatic rings. The zero-order valence-corrected chi connectivity index (χ0v) is 13.9. The van der Waals surface area contributed by atoms with Crippen molar-refractivity contribution >= 4 is 10.9 Å². The van der Waals surface area contributed by atoms with E-state index in [4.69, 9.17) is 4.74 Å². The minimum atomic E-state index is 0.540. The van der Waals surface area contributed by atoms with E-state index < -0.39 is 0 Å². The maximum absolute atomic E-state index is 5.94. The quantitative estimate of drug-likeness (QED) is 0.921. The Morgan fingerprint density at radius 1 is 1.18 bits per heavy atom. The Labute approximate surface area is 133 Å². The SMILES string of the molecule is CC(C)c1c[nH]c2cc(OCCN3CCN(C)CC3)ccc12. The van der Waals surface area contributed by atoms with Crippen molar-refractivity contribution < 1.29 is 4.74 Å². The minimum Gasteiger partial charge on any atom is -0.492 e. The summed E-state index contributed by atoms with van der Waals surface area (Å²) in [7, 11) is 2.19. The molecule has 4 heteroatoms. The lowest BCUT2D eigenvalue weighted by Crippen LogP contribution is -2.45. The number of nitrogens with one attached hydrogen (secondary N) is 1. The van der Waals surface area contributed by atoms with Gasteiger partial charge in [0.1, 0.15) is 12.4 Å². The van der Waals surface area contributed by atoms with Crippen LogP contribution in [0, 0.1) is 0 Å². The van der Waals surface area contributed by atoms with Crippen LogP contribution in [0.25, 0.3) is 10.9 Å². The molecule has 0 amide bonds. The fourth-order valence-corrected chi connectivity index (χ4v) is 3.06. The van der Waals surface area contributed by atoms with Crippen molar-refractivity contribution in [2.45, 2.75) is 19.8 Å². The van der Waals surface area contributed by atoms with Crippen LogP contribution in [0.3, 0.4) is 0 Å². The third kappa shape index (κ3) is 3.45. The summed E-state index contributed by atoms with van der Waals surface area (Å²) in [5, 5.41) is 1.31. The van der Waals surface area contributed by atoms with E-state index >= 15 is 0 Å². The molecule has 0 unspecified atom stereocenters. The van der Waals surface area contributed by atoms with E-state index in [0.29, 0.717) is 5.92 Å². The molecule has 1 N–H and O–H groups in total. The first-order chi connectivity index (χ1) is 10.6. The lowest BCUT2D eigenvalue weighted by atomic mass is 10.0. The van der Waals surface area contributed by atoms with E-state index in [1.165, 1.54) is 16.5 Å². The summed E-state index contributed by atoms with van der Waals surface area (Å²) < 4.78 is 5.94. The first kappa shape index (κ1) is 15.4. The van der Waals surface area contributed by atoms with Gasteiger partial charge in [-0.25, -0.2) is 0 Å². The van der Waals surface area contributed by atoms with Crippen molar-refractivity contribution in [3.05, 3.63) is 30.0 Å². The van der Waals surface area contributed by atoms with Gasteiger partial charge in [-0.15, -0.1) is 0 Å². The summed E-state index contributed by atoms with van der Waals surface area (Å²) in [4.78, 5) is 8.21. The molecule has 22 heavy (non-hydrogen) atoms. The molecular weight excluding hydrogens is 274 g/mol. The molecule has 1 fully saturated rings. The Kier molecular flexibility index (Phi) is 4.69. The van der Waals surface area contributed by atoms with Crippen molar-refractivity contribution in [3.63, 3.8) is 0 Å². The van der Waals surface area contributed by atoms with Gasteiger partial charge in [0.25, 0.3) is 0 Å². The standard InChI is InChI=1S/C18H27N3O/c1-14(2)17-13-19-18-12-15(4-5-16(17)18)22-11-10-21-8-6-20(3)7-9-21/h4-5,12-14,19H,6-11H2,1-3H3. The van der Waals surface area contributed by atoms with Crippen molar-refractivity contribution in [1.29, 1.82) is 0 Å². The molecule has 0 aliphatic carbocycles. The van der Waals surface area contributed by atoms with Gasteiger partial charge in [-0.1, -0.05) is 13.8 Å². The van der Waals surface area contributed by atoms with Crippen LogP contribution >= 0.6 is 0 Å². The predicted octanol–water partition coefficient (Wildman–Crippen LogP) is 2.92. The molecule has 0 saturated carbocycles. The Bertz CT molecular complexity index is 612. The number of aromatic nitrogens is 1. The van der Waals surface area contributed by atoms with Gasteiger partial charge in [-0.2, -0.15) is 0 Å². The van der Waals surface area contributed by atoms with Crippen LogP contribution in [0.15, 0.2) is 24.4 Å². The fraction of sp³-hybridized carbons (Fsp3) is 0.556. The number of hydrogen-bond acceptors (Lipinski definition) is 3. The molecule has 1 aromatic heterocycles. The second-order valence-corrected chi connectivity index (χ2v) is 6.60. The van der Waals surface area contributed by atoms with Crippen LogP contribution in [0.4, 0.5) is 0 Å². The van der Waals surface area contributed by atoms with E-state index in [-0.39, 0.29) is 0 Å². The Balaban J connectivity index is 1.56. The molecule has 4 nitrogen and oxygen atoms in total. The number of aromatic amines is 1. The summed E-state index contributed by atoms with van der Waals surface area (Å²) in [6, 6.07) is 6.38. The highest BCUT2D eigenvalue weighted by Gasteiger charge is 2.13. The molecule has 1 aliphatic rings. The van der Waals surface area contributed by atoms with E-state index in [1.807, 2.05) is 0 Å². The van der Waals surface area contributed by atoms with Crippen LogP contribution in [0.2, 0.25) is 0 Å². The number of nitrogens with zero attached hydrogens (tertiary/aromatic N) is 2. The zero-order valence-electron chi connectivity index (χ0n) is 13.9. The number of ether oxygens (including phenoxy) is 1. The van der Waals surface area contributed by atoms with E-state index in [9.17, 15) is 0 Å². The number of H-pyrrole nitrogens is 1. The number of rotatable bonds is 5. The second-order valence-electron chi connectivity index (χ2n) is 6.60. The second kappa shape index (κ2) is 6.71. The summed E-state index contributed by atoms with van der Waals surface area (Å²) in [6.07, 6.45) is 2.11. The molecule has 0 bridgehead atoms. The van der Waals surface area contributed by atoms with Crippen molar-refractivity contribution in [2.24, 2.45) is 0 Å². The largest absolute Gasteiger partial charge is 0.492 e. The van der Waals surface area contributed by atoms with Gasteiger partial charge in [-0.3, -0.25) is 4.90 Å². The Hall–Kier alpha value is -1.52. The van der Waals surface area contributed by atoms with Crippen LogP contribution in [0.1, 0.15) is 25.3 Å². The highest BCUT2D eigenvalue weighted by Crippen LogP contribution is 2.27. The lowest BCUT2D eigenvalue weighted by molar-refractivity contribution is 0.134. The minimum absolute atomic E-state index is 0.540. The van der Waals surface area contributed by atoms with Crippen LogP contribution < -0.4 is 4.74 Å². The summed E-state index contributed by atoms with van der Waals surface area (Å²) in [5.74, 6) is 1.50. The third-order valence-corrected chi connectivity index (χ3v) is 4.58. The topological polar surface area (TPSA) is 31.5 Å². The summed E-state index contributed by atoms with van der Waals surface area (Å²) in [6.45, 7) is 10.8. The number of fused-ring (bicyclic) bond motifs is 1. The van der Waals surface area contributed by atoms with Gasteiger partial charge in [0.15, 0.2) is 0 Å². The van der Waals surface area contributed by atoms with Gasteiger partial charge in [0.2, 0.25) is 0 Å². The maximum atomic E-state index is 5.94. The molecular formula is C18H27N3O. The zero-order chi connectivity index (χ0) is 15.5. The van der Waals surface area contributed by atoms with Crippen LogP contribution in [-0.4, -0.2) is 61.2 Å². The van der Waals surface area contributed by atoms with Crippen molar-refractivity contribution in [3.8, 4) is 5.75 Å². The molecule has 0 atom stereocenters. The normalized spacial score (nSPS) is 17.5. The number of hydrogen-bond donors (Lipinski definition) is 1. The molecule has 120 valence electrons. The van der Waals surface area contributed by atoms with Gasteiger partial charge < -0.3 is 14.6 Å². The van der Waals surface area contributed by atoms with Gasteiger partial charge >= 0.3 is 0 Å². The van der Waals surface area contributed by atoms with E-state index in [1.54, 1.807) is 0 Å². The highest BCUT2D eigenvalue weighted by atomic mass is 16.5. The average Bonchev–Trinajstić information content (AvgIpc) is 2.92. The number of likely N-dealkylation sites (N-methyl/N-ethyl adjacent to an activating group) is 1. The fourth-order valence-electron chi connectivity index (χ4n) is 3.06. The summed E-state index contributed by atoms with van der Waals surface area (Å²) >= 11 is 0. The molecule has 1 aliphatic heterocycles. The Morgan fingerprint density at radius 2 is 1.95 bits per heavy atom. The van der Waals surface area contributed by atoms with E-state index in [2.05, 4.69) is 60.1 Å².